The molecule has 6 heteroatoms. The van der Waals surface area contributed by atoms with Crippen molar-refractivity contribution in [2.75, 3.05) is 0 Å². The first-order chi connectivity index (χ1) is 9.66. The fourth-order valence-corrected chi connectivity index (χ4v) is 2.50. The number of hydrogen-bond donors (Lipinski definition) is 1. The predicted molar refractivity (Wildman–Crippen MR) is 76.2 cm³/mol. The standard InChI is InChI=1S/C14H18N6/c1-10(12-7-8-15-19(12)3)16-11(2)14-18-17-13-6-4-5-9-20(13)14/h4-11,16H,1-3H3. The van der Waals surface area contributed by atoms with Gasteiger partial charge in [-0.05, 0) is 32.0 Å². The maximum atomic E-state index is 4.28. The van der Waals surface area contributed by atoms with E-state index >= 15 is 0 Å². The number of nitrogens with zero attached hydrogens (tertiary/aromatic N) is 5. The smallest absolute Gasteiger partial charge is 0.160 e. The summed E-state index contributed by atoms with van der Waals surface area (Å²) in [6.07, 6.45) is 3.79. The Morgan fingerprint density at radius 3 is 2.70 bits per heavy atom. The van der Waals surface area contributed by atoms with E-state index in [1.54, 1.807) is 0 Å². The van der Waals surface area contributed by atoms with Gasteiger partial charge in [-0.15, -0.1) is 10.2 Å². The van der Waals surface area contributed by atoms with Crippen molar-refractivity contribution in [3.63, 3.8) is 0 Å². The largest absolute Gasteiger partial charge is 0.299 e. The van der Waals surface area contributed by atoms with E-state index in [0.29, 0.717) is 0 Å². The van der Waals surface area contributed by atoms with Gasteiger partial charge in [-0.1, -0.05) is 6.07 Å². The molecule has 0 radical (unpaired) electrons. The third-order valence-corrected chi connectivity index (χ3v) is 3.53. The molecule has 2 unspecified atom stereocenters. The van der Waals surface area contributed by atoms with E-state index in [0.717, 1.165) is 17.2 Å². The Balaban J connectivity index is 1.83. The van der Waals surface area contributed by atoms with Crippen LogP contribution in [0.5, 0.6) is 0 Å². The molecule has 2 atom stereocenters. The summed E-state index contributed by atoms with van der Waals surface area (Å²) in [7, 11) is 1.95. The van der Waals surface area contributed by atoms with Crippen molar-refractivity contribution in [2.45, 2.75) is 25.9 Å². The maximum Gasteiger partial charge on any atom is 0.160 e. The Morgan fingerprint density at radius 2 is 1.95 bits per heavy atom. The summed E-state index contributed by atoms with van der Waals surface area (Å²) in [5.41, 5.74) is 2.01. The van der Waals surface area contributed by atoms with Gasteiger partial charge in [-0.25, -0.2) is 0 Å². The van der Waals surface area contributed by atoms with Gasteiger partial charge in [-0.3, -0.25) is 14.4 Å². The molecular formula is C14H18N6. The Kier molecular flexibility index (Phi) is 3.23. The van der Waals surface area contributed by atoms with Gasteiger partial charge in [0.05, 0.1) is 11.7 Å². The normalized spacial score (nSPS) is 14.6. The molecule has 0 amide bonds. The third-order valence-electron chi connectivity index (χ3n) is 3.53. The molecule has 3 aromatic heterocycles. The van der Waals surface area contributed by atoms with Gasteiger partial charge >= 0.3 is 0 Å². The molecule has 3 heterocycles. The fourth-order valence-electron chi connectivity index (χ4n) is 2.50. The van der Waals surface area contributed by atoms with Gasteiger partial charge in [0, 0.05) is 25.5 Å². The molecule has 0 fully saturated rings. The molecule has 104 valence electrons. The number of aromatic nitrogens is 5. The van der Waals surface area contributed by atoms with Crippen molar-refractivity contribution in [1.29, 1.82) is 0 Å². The lowest BCUT2D eigenvalue weighted by atomic mass is 10.2. The quantitative estimate of drug-likeness (QED) is 0.786. The average molecular weight is 270 g/mol. The van der Waals surface area contributed by atoms with E-state index in [2.05, 4.69) is 34.5 Å². The molecule has 6 nitrogen and oxygen atoms in total. The van der Waals surface area contributed by atoms with Crippen molar-refractivity contribution < 1.29 is 0 Å². The molecule has 1 N–H and O–H groups in total. The van der Waals surface area contributed by atoms with Crippen LogP contribution in [0.3, 0.4) is 0 Å². The Labute approximate surface area is 117 Å². The fraction of sp³-hybridized carbons (Fsp3) is 0.357. The van der Waals surface area contributed by atoms with E-state index in [4.69, 9.17) is 0 Å². The molecule has 3 aromatic rings. The van der Waals surface area contributed by atoms with Crippen LogP contribution in [0.15, 0.2) is 36.7 Å². The van der Waals surface area contributed by atoms with Crippen LogP contribution in [0.2, 0.25) is 0 Å². The molecule has 0 saturated carbocycles. The summed E-state index contributed by atoms with van der Waals surface area (Å²) in [5.74, 6) is 0.912. The second kappa shape index (κ2) is 5.05. The molecule has 20 heavy (non-hydrogen) atoms. The Hall–Kier alpha value is -2.21. The van der Waals surface area contributed by atoms with Crippen LogP contribution in [0.1, 0.15) is 37.4 Å². The number of hydrogen-bond acceptors (Lipinski definition) is 4. The van der Waals surface area contributed by atoms with Crippen LogP contribution in [0, 0.1) is 0 Å². The van der Waals surface area contributed by atoms with Crippen LogP contribution in [0.4, 0.5) is 0 Å². The number of fused-ring (bicyclic) bond motifs is 1. The lowest BCUT2D eigenvalue weighted by Crippen LogP contribution is -2.25. The summed E-state index contributed by atoms with van der Waals surface area (Å²) in [6.45, 7) is 4.22. The van der Waals surface area contributed by atoms with Crippen LogP contribution in [-0.4, -0.2) is 24.4 Å². The maximum absolute atomic E-state index is 4.28. The van der Waals surface area contributed by atoms with E-state index in [9.17, 15) is 0 Å². The van der Waals surface area contributed by atoms with Crippen molar-refractivity contribution >= 4 is 5.65 Å². The second-order valence-electron chi connectivity index (χ2n) is 4.98. The predicted octanol–water partition coefficient (Wildman–Crippen LogP) is 1.87. The van der Waals surface area contributed by atoms with Gasteiger partial charge in [0.1, 0.15) is 0 Å². The zero-order valence-corrected chi connectivity index (χ0v) is 11.9. The van der Waals surface area contributed by atoms with E-state index in [-0.39, 0.29) is 12.1 Å². The zero-order valence-electron chi connectivity index (χ0n) is 11.9. The molecule has 0 aliphatic rings. The zero-order chi connectivity index (χ0) is 14.1. The van der Waals surface area contributed by atoms with E-state index in [1.807, 2.05) is 52.8 Å². The van der Waals surface area contributed by atoms with E-state index < -0.39 is 0 Å². The highest BCUT2D eigenvalue weighted by atomic mass is 15.3. The molecule has 0 spiro atoms. The van der Waals surface area contributed by atoms with Crippen molar-refractivity contribution in [3.05, 3.63) is 48.2 Å². The number of pyridine rings is 1. The number of aryl methyl sites for hydroxylation is 1. The van der Waals surface area contributed by atoms with Crippen LogP contribution in [-0.2, 0) is 7.05 Å². The third kappa shape index (κ3) is 2.18. The van der Waals surface area contributed by atoms with Gasteiger partial charge in [-0.2, -0.15) is 5.10 Å². The summed E-state index contributed by atoms with van der Waals surface area (Å²) in [4.78, 5) is 0. The highest BCUT2D eigenvalue weighted by molar-refractivity contribution is 5.37. The Morgan fingerprint density at radius 1 is 1.10 bits per heavy atom. The molecule has 0 aliphatic carbocycles. The lowest BCUT2D eigenvalue weighted by Gasteiger charge is -2.19. The molecule has 0 aliphatic heterocycles. The highest BCUT2D eigenvalue weighted by Gasteiger charge is 2.17. The molecule has 0 bridgehead atoms. The molecular weight excluding hydrogens is 252 g/mol. The minimum Gasteiger partial charge on any atom is -0.299 e. The SMILES string of the molecule is CC(NC(C)c1nnc2ccccn12)c1ccnn1C. The Bertz CT molecular complexity index is 713. The first-order valence-electron chi connectivity index (χ1n) is 6.70. The minimum absolute atomic E-state index is 0.0947. The molecule has 3 rings (SSSR count). The van der Waals surface area contributed by atoms with Crippen LogP contribution < -0.4 is 5.32 Å². The summed E-state index contributed by atoms with van der Waals surface area (Å²) in [6, 6.07) is 8.20. The van der Waals surface area contributed by atoms with Crippen molar-refractivity contribution in [2.24, 2.45) is 7.05 Å². The van der Waals surface area contributed by atoms with Gasteiger partial charge in [0.15, 0.2) is 11.5 Å². The number of nitrogens with one attached hydrogen (secondary N) is 1. The first-order valence-corrected chi connectivity index (χ1v) is 6.70. The topological polar surface area (TPSA) is 60.0 Å². The summed E-state index contributed by atoms with van der Waals surface area (Å²) in [5, 5.41) is 16.2. The van der Waals surface area contributed by atoms with Crippen LogP contribution >= 0.6 is 0 Å². The first kappa shape index (κ1) is 12.8. The van der Waals surface area contributed by atoms with Crippen molar-refractivity contribution in [3.8, 4) is 0 Å². The van der Waals surface area contributed by atoms with Crippen LogP contribution in [0.25, 0.3) is 5.65 Å². The van der Waals surface area contributed by atoms with E-state index in [1.165, 1.54) is 0 Å². The highest BCUT2D eigenvalue weighted by Crippen LogP contribution is 2.18. The van der Waals surface area contributed by atoms with Crippen molar-refractivity contribution in [1.82, 2.24) is 29.7 Å². The summed E-state index contributed by atoms with van der Waals surface area (Å²) >= 11 is 0. The van der Waals surface area contributed by atoms with Gasteiger partial charge in [0.25, 0.3) is 0 Å². The summed E-state index contributed by atoms with van der Waals surface area (Å²) < 4.78 is 3.89. The average Bonchev–Trinajstić information content (AvgIpc) is 3.04. The lowest BCUT2D eigenvalue weighted by molar-refractivity contribution is 0.452. The number of rotatable bonds is 4. The molecule has 0 saturated heterocycles. The molecule has 0 aromatic carbocycles. The minimum atomic E-state index is 0.0947. The second-order valence-corrected chi connectivity index (χ2v) is 4.98. The van der Waals surface area contributed by atoms with Gasteiger partial charge in [0.2, 0.25) is 0 Å². The van der Waals surface area contributed by atoms with Gasteiger partial charge < -0.3 is 0 Å². The monoisotopic (exact) mass is 270 g/mol.